The molecule has 3 rings (SSSR count). The van der Waals surface area contributed by atoms with Crippen LogP contribution >= 0.6 is 11.3 Å². The van der Waals surface area contributed by atoms with Crippen molar-refractivity contribution in [1.82, 2.24) is 0 Å². The summed E-state index contributed by atoms with van der Waals surface area (Å²) in [6, 6.07) is 19.8. The summed E-state index contributed by atoms with van der Waals surface area (Å²) in [6.07, 6.45) is 1.46. The molecule has 1 amide bonds. The Morgan fingerprint density at radius 2 is 1.83 bits per heavy atom. The number of rotatable bonds is 6. The normalized spacial score (nSPS) is 10.7. The fraction of sp³-hybridized carbons (Fsp3) is 0.0455. The van der Waals surface area contributed by atoms with E-state index in [9.17, 15) is 14.9 Å². The van der Waals surface area contributed by atoms with Crippen LogP contribution in [-0.4, -0.2) is 19.0 Å². The Kier molecular flexibility index (Phi) is 6.40. The third kappa shape index (κ3) is 5.09. The highest BCUT2D eigenvalue weighted by atomic mass is 32.1. The summed E-state index contributed by atoms with van der Waals surface area (Å²) in [6.45, 7) is 0. The number of hydrogen-bond acceptors (Lipinski definition) is 6. The molecule has 3 aromatic rings. The molecule has 0 radical (unpaired) electrons. The first-order chi connectivity index (χ1) is 14.1. The molecule has 0 saturated heterocycles. The highest BCUT2D eigenvalue weighted by Crippen LogP contribution is 2.25. The molecule has 0 atom stereocenters. The van der Waals surface area contributed by atoms with Crippen LogP contribution in [0.1, 0.15) is 15.9 Å². The van der Waals surface area contributed by atoms with Gasteiger partial charge in [-0.3, -0.25) is 4.79 Å². The molecule has 0 aliphatic rings. The van der Waals surface area contributed by atoms with E-state index < -0.39 is 11.9 Å². The molecule has 1 heterocycles. The number of para-hydroxylation sites is 1. The van der Waals surface area contributed by atoms with Crippen LogP contribution in [0.2, 0.25) is 0 Å². The summed E-state index contributed by atoms with van der Waals surface area (Å²) in [5, 5.41) is 14.0. The fourth-order valence-electron chi connectivity index (χ4n) is 2.45. The molecule has 0 fully saturated rings. The van der Waals surface area contributed by atoms with Gasteiger partial charge in [0, 0.05) is 0 Å². The quantitative estimate of drug-likeness (QED) is 0.360. The van der Waals surface area contributed by atoms with E-state index in [1.165, 1.54) is 24.5 Å². The van der Waals surface area contributed by atoms with Gasteiger partial charge in [-0.15, -0.1) is 11.3 Å². The van der Waals surface area contributed by atoms with E-state index in [-0.39, 0.29) is 11.1 Å². The summed E-state index contributed by atoms with van der Waals surface area (Å²) >= 11 is 1.17. The first-order valence-corrected chi connectivity index (χ1v) is 9.40. The second-order valence-electron chi connectivity index (χ2n) is 5.77. The molecule has 0 spiro atoms. The third-order valence-corrected chi connectivity index (χ3v) is 4.64. The van der Waals surface area contributed by atoms with Crippen LogP contribution in [-0.2, 0) is 9.53 Å². The SMILES string of the molecule is COC(=O)c1ccsc1NC(=O)C(C#N)=Cc1cccc(Oc2ccccc2)c1. The Labute approximate surface area is 171 Å². The number of benzene rings is 2. The van der Waals surface area contributed by atoms with Gasteiger partial charge in [0.25, 0.3) is 5.91 Å². The molecule has 7 heteroatoms. The lowest BCUT2D eigenvalue weighted by atomic mass is 10.1. The largest absolute Gasteiger partial charge is 0.465 e. The molecule has 29 heavy (non-hydrogen) atoms. The van der Waals surface area contributed by atoms with Crippen LogP contribution in [0.3, 0.4) is 0 Å². The number of carbonyl (C=O) groups is 2. The van der Waals surface area contributed by atoms with Crippen molar-refractivity contribution in [3.8, 4) is 17.6 Å². The van der Waals surface area contributed by atoms with Crippen molar-refractivity contribution >= 4 is 34.3 Å². The van der Waals surface area contributed by atoms with E-state index in [4.69, 9.17) is 4.74 Å². The summed E-state index contributed by atoms with van der Waals surface area (Å²) in [4.78, 5) is 24.2. The number of nitriles is 1. The van der Waals surface area contributed by atoms with Crippen LogP contribution < -0.4 is 10.1 Å². The molecule has 1 N–H and O–H groups in total. The van der Waals surface area contributed by atoms with Gasteiger partial charge in [-0.1, -0.05) is 30.3 Å². The fourth-order valence-corrected chi connectivity index (χ4v) is 3.23. The van der Waals surface area contributed by atoms with Crippen LogP contribution in [0.5, 0.6) is 11.5 Å². The minimum atomic E-state index is -0.616. The molecule has 144 valence electrons. The molecule has 2 aromatic carbocycles. The lowest BCUT2D eigenvalue weighted by Gasteiger charge is -2.07. The second-order valence-corrected chi connectivity index (χ2v) is 6.68. The van der Waals surface area contributed by atoms with Crippen LogP contribution in [0.15, 0.2) is 71.6 Å². The van der Waals surface area contributed by atoms with Crippen LogP contribution in [0.25, 0.3) is 6.08 Å². The molecule has 0 saturated carbocycles. The third-order valence-electron chi connectivity index (χ3n) is 3.81. The smallest absolute Gasteiger partial charge is 0.340 e. The van der Waals surface area contributed by atoms with Crippen molar-refractivity contribution in [1.29, 1.82) is 5.26 Å². The maximum atomic E-state index is 12.5. The number of ether oxygens (including phenoxy) is 2. The van der Waals surface area contributed by atoms with Gasteiger partial charge < -0.3 is 14.8 Å². The van der Waals surface area contributed by atoms with E-state index in [2.05, 4.69) is 10.1 Å². The maximum absolute atomic E-state index is 12.5. The van der Waals surface area contributed by atoms with Gasteiger partial charge in [0.05, 0.1) is 12.7 Å². The van der Waals surface area contributed by atoms with Crippen molar-refractivity contribution in [2.45, 2.75) is 0 Å². The molecule has 0 bridgehead atoms. The molecular weight excluding hydrogens is 388 g/mol. The predicted octanol–water partition coefficient (Wildman–Crippen LogP) is 4.87. The Morgan fingerprint density at radius 3 is 2.55 bits per heavy atom. The number of nitrogens with one attached hydrogen (secondary N) is 1. The van der Waals surface area contributed by atoms with Gasteiger partial charge in [0.2, 0.25) is 0 Å². The van der Waals surface area contributed by atoms with Gasteiger partial charge in [-0.05, 0) is 47.4 Å². The molecule has 0 aliphatic carbocycles. The molecule has 0 unspecified atom stereocenters. The molecular formula is C22H16N2O4S. The predicted molar refractivity (Wildman–Crippen MR) is 111 cm³/mol. The number of methoxy groups -OCH3 is 1. The van der Waals surface area contributed by atoms with Gasteiger partial charge >= 0.3 is 5.97 Å². The van der Waals surface area contributed by atoms with Crippen LogP contribution in [0.4, 0.5) is 5.00 Å². The van der Waals surface area contributed by atoms with Gasteiger partial charge in [0.15, 0.2) is 0 Å². The van der Waals surface area contributed by atoms with Gasteiger partial charge in [-0.2, -0.15) is 5.26 Å². The van der Waals surface area contributed by atoms with Crippen molar-refractivity contribution in [3.63, 3.8) is 0 Å². The van der Waals surface area contributed by atoms with Crippen LogP contribution in [0, 0.1) is 11.3 Å². The Bertz CT molecular complexity index is 1100. The molecule has 6 nitrogen and oxygen atoms in total. The van der Waals surface area contributed by atoms with E-state index in [1.807, 2.05) is 36.4 Å². The van der Waals surface area contributed by atoms with Crippen molar-refractivity contribution in [3.05, 3.63) is 82.7 Å². The minimum Gasteiger partial charge on any atom is -0.465 e. The number of carbonyl (C=O) groups excluding carboxylic acids is 2. The first kappa shape index (κ1) is 19.9. The maximum Gasteiger partial charge on any atom is 0.340 e. The van der Waals surface area contributed by atoms with E-state index in [0.29, 0.717) is 22.1 Å². The minimum absolute atomic E-state index is 0.105. The van der Waals surface area contributed by atoms with E-state index in [1.54, 1.807) is 35.7 Å². The van der Waals surface area contributed by atoms with Crippen molar-refractivity contribution < 1.29 is 19.1 Å². The number of anilines is 1. The summed E-state index contributed by atoms with van der Waals surface area (Å²) in [5.41, 5.74) is 0.761. The summed E-state index contributed by atoms with van der Waals surface area (Å²) in [5.74, 6) is 0.0816. The lowest BCUT2D eigenvalue weighted by molar-refractivity contribution is -0.112. The first-order valence-electron chi connectivity index (χ1n) is 8.52. The number of thiophene rings is 1. The number of hydrogen-bond donors (Lipinski definition) is 1. The number of amides is 1. The zero-order valence-corrected chi connectivity index (χ0v) is 16.2. The van der Waals surface area contributed by atoms with Gasteiger partial charge in [0.1, 0.15) is 28.1 Å². The zero-order valence-electron chi connectivity index (χ0n) is 15.4. The Balaban J connectivity index is 1.78. The lowest BCUT2D eigenvalue weighted by Crippen LogP contribution is -2.15. The highest BCUT2D eigenvalue weighted by Gasteiger charge is 2.17. The van der Waals surface area contributed by atoms with Crippen molar-refractivity contribution in [2.24, 2.45) is 0 Å². The standard InChI is InChI=1S/C22H16N2O4S/c1-27-22(26)19-10-11-29-21(19)24-20(25)16(14-23)12-15-6-5-9-18(13-15)28-17-7-3-2-4-8-17/h2-13H,1H3,(H,24,25). The Morgan fingerprint density at radius 1 is 1.07 bits per heavy atom. The summed E-state index contributed by atoms with van der Waals surface area (Å²) in [7, 11) is 1.26. The Hall–Kier alpha value is -3.89. The van der Waals surface area contributed by atoms with Gasteiger partial charge in [-0.25, -0.2) is 4.79 Å². The molecule has 1 aromatic heterocycles. The van der Waals surface area contributed by atoms with E-state index >= 15 is 0 Å². The zero-order chi connectivity index (χ0) is 20.6. The van der Waals surface area contributed by atoms with Crippen molar-refractivity contribution in [2.75, 3.05) is 12.4 Å². The summed E-state index contributed by atoms with van der Waals surface area (Å²) < 4.78 is 10.5. The highest BCUT2D eigenvalue weighted by molar-refractivity contribution is 7.14. The van der Waals surface area contributed by atoms with E-state index in [0.717, 1.165) is 0 Å². The topological polar surface area (TPSA) is 88.4 Å². The average Bonchev–Trinajstić information content (AvgIpc) is 3.20. The molecule has 0 aliphatic heterocycles. The number of esters is 1. The average molecular weight is 404 g/mol. The number of nitrogens with zero attached hydrogens (tertiary/aromatic N) is 1. The monoisotopic (exact) mass is 404 g/mol. The second kappa shape index (κ2) is 9.35.